The van der Waals surface area contributed by atoms with Crippen LogP contribution in [0.25, 0.3) is 0 Å². The molecule has 2 aliphatic rings. The van der Waals surface area contributed by atoms with Crippen molar-refractivity contribution in [1.82, 2.24) is 0 Å². The van der Waals surface area contributed by atoms with E-state index in [1.54, 1.807) is 30.3 Å². The Morgan fingerprint density at radius 2 is 1.73 bits per heavy atom. The molecule has 2 bridgehead atoms. The van der Waals surface area contributed by atoms with E-state index in [9.17, 15) is 14.4 Å². The van der Waals surface area contributed by atoms with Gasteiger partial charge in [0, 0.05) is 21.6 Å². The van der Waals surface area contributed by atoms with Crippen molar-refractivity contribution in [2.24, 2.45) is 23.7 Å². The van der Waals surface area contributed by atoms with Gasteiger partial charge in [-0.05, 0) is 65.2 Å². The molecule has 0 unspecified atom stereocenters. The predicted octanol–water partition coefficient (Wildman–Crippen LogP) is 5.13. The third-order valence-corrected chi connectivity index (χ3v) is 7.33. The predicted molar refractivity (Wildman–Crippen MR) is 117 cm³/mol. The number of anilines is 1. The fourth-order valence-corrected chi connectivity index (χ4v) is 5.23. The molecule has 1 amide bonds. The van der Waals surface area contributed by atoms with Crippen molar-refractivity contribution < 1.29 is 19.1 Å². The average molecular weight is 491 g/mol. The Morgan fingerprint density at radius 1 is 1.03 bits per heavy atom. The Kier molecular flexibility index (Phi) is 6.25. The molecule has 0 saturated heterocycles. The van der Waals surface area contributed by atoms with E-state index < -0.39 is 24.4 Å². The van der Waals surface area contributed by atoms with Crippen LogP contribution in [0, 0.1) is 23.7 Å². The smallest absolute Gasteiger partial charge is 0.310 e. The molecule has 2 aromatic carbocycles. The number of benzene rings is 2. The number of carbonyl (C=O) groups is 3. The van der Waals surface area contributed by atoms with E-state index in [0.717, 1.165) is 23.7 Å². The lowest BCUT2D eigenvalue weighted by molar-refractivity contribution is -0.154. The van der Waals surface area contributed by atoms with Gasteiger partial charge in [-0.1, -0.05) is 41.9 Å². The summed E-state index contributed by atoms with van der Waals surface area (Å²) in [5.41, 5.74) is 1.14. The minimum absolute atomic E-state index is 0.00120. The number of ketones is 1. The number of hydrogen-bond acceptors (Lipinski definition) is 4. The third-order valence-electron chi connectivity index (χ3n) is 6.10. The number of carbonyl (C=O) groups excluding carboxylic acids is 3. The summed E-state index contributed by atoms with van der Waals surface area (Å²) < 4.78 is 6.06. The Bertz CT molecular complexity index is 980. The monoisotopic (exact) mass is 489 g/mol. The van der Waals surface area contributed by atoms with Crippen molar-refractivity contribution in [2.75, 3.05) is 11.9 Å². The summed E-state index contributed by atoms with van der Waals surface area (Å²) in [6.45, 7) is -0.396. The van der Waals surface area contributed by atoms with Gasteiger partial charge in [-0.2, -0.15) is 0 Å². The van der Waals surface area contributed by atoms with Crippen LogP contribution in [0.1, 0.15) is 29.6 Å². The minimum Gasteiger partial charge on any atom is -0.455 e. The molecule has 30 heavy (non-hydrogen) atoms. The summed E-state index contributed by atoms with van der Waals surface area (Å²) in [6, 6.07) is 14.1. The number of halogens is 2. The second kappa shape index (κ2) is 8.90. The van der Waals surface area contributed by atoms with Crippen molar-refractivity contribution in [2.45, 2.75) is 19.3 Å². The van der Waals surface area contributed by atoms with E-state index in [2.05, 4.69) is 21.2 Å². The van der Waals surface area contributed by atoms with Crippen LogP contribution in [0.2, 0.25) is 5.02 Å². The molecule has 1 N–H and O–H groups in total. The maximum atomic E-state index is 13.1. The minimum atomic E-state index is -0.480. The van der Waals surface area contributed by atoms with E-state index in [4.69, 9.17) is 16.3 Å². The summed E-state index contributed by atoms with van der Waals surface area (Å²) in [5.74, 6) is -1.40. The number of fused-ring (bicyclic) bond motifs is 2. The van der Waals surface area contributed by atoms with Gasteiger partial charge >= 0.3 is 5.97 Å². The van der Waals surface area contributed by atoms with Gasteiger partial charge in [0.15, 0.2) is 12.4 Å². The summed E-state index contributed by atoms with van der Waals surface area (Å²) >= 11 is 9.32. The molecule has 2 aromatic rings. The molecule has 156 valence electrons. The molecule has 2 fully saturated rings. The maximum Gasteiger partial charge on any atom is 0.310 e. The summed E-state index contributed by atoms with van der Waals surface area (Å²) in [5, 5.41) is 3.13. The molecule has 2 saturated carbocycles. The highest BCUT2D eigenvalue weighted by Crippen LogP contribution is 2.53. The van der Waals surface area contributed by atoms with Crippen LogP contribution in [0.5, 0.6) is 0 Å². The van der Waals surface area contributed by atoms with Gasteiger partial charge in [0.05, 0.1) is 10.9 Å². The first-order valence-corrected chi connectivity index (χ1v) is 11.1. The van der Waals surface area contributed by atoms with Crippen LogP contribution in [-0.2, 0) is 14.3 Å². The van der Waals surface area contributed by atoms with E-state index in [1.807, 2.05) is 18.2 Å². The van der Waals surface area contributed by atoms with Gasteiger partial charge in [0.2, 0.25) is 0 Å². The molecule has 0 spiro atoms. The van der Waals surface area contributed by atoms with Crippen LogP contribution in [0.3, 0.4) is 0 Å². The highest BCUT2D eigenvalue weighted by Gasteiger charge is 2.54. The van der Waals surface area contributed by atoms with E-state index in [-0.39, 0.29) is 23.5 Å². The number of nitrogens with one attached hydrogen (secondary N) is 1. The normalized spacial score (nSPS) is 24.5. The number of rotatable bonds is 6. The molecule has 2 aliphatic carbocycles. The highest BCUT2D eigenvalue weighted by atomic mass is 79.9. The second-order valence-electron chi connectivity index (χ2n) is 7.90. The van der Waals surface area contributed by atoms with Crippen molar-refractivity contribution in [3.8, 4) is 0 Å². The van der Waals surface area contributed by atoms with Crippen molar-refractivity contribution in [1.29, 1.82) is 0 Å². The largest absolute Gasteiger partial charge is 0.455 e. The summed E-state index contributed by atoms with van der Waals surface area (Å²) in [4.78, 5) is 38.2. The van der Waals surface area contributed by atoms with Crippen LogP contribution in [0.15, 0.2) is 53.0 Å². The highest BCUT2D eigenvalue weighted by molar-refractivity contribution is 9.10. The standard InChI is InChI=1S/C23H21BrClNO4/c24-17-9-8-16(11-18(17)25)26-19(27)12-30-23(29)21-15-7-6-14(10-15)20(21)22(28)13-4-2-1-3-5-13/h1-5,8-9,11,14-15,20-21H,6-7,10,12H2,(H,26,27)/t14-,15-,20-,21+/m0/s1. The lowest BCUT2D eigenvalue weighted by Crippen LogP contribution is -2.37. The lowest BCUT2D eigenvalue weighted by Gasteiger charge is -2.28. The second-order valence-corrected chi connectivity index (χ2v) is 9.16. The number of amides is 1. The number of esters is 1. The molecule has 0 radical (unpaired) electrons. The lowest BCUT2D eigenvalue weighted by atomic mass is 9.75. The molecular formula is C23H21BrClNO4. The van der Waals surface area contributed by atoms with Crippen LogP contribution < -0.4 is 5.32 Å². The fraction of sp³-hybridized carbons (Fsp3) is 0.348. The first-order chi connectivity index (χ1) is 14.4. The molecule has 4 atom stereocenters. The molecule has 5 nitrogen and oxygen atoms in total. The third kappa shape index (κ3) is 4.30. The van der Waals surface area contributed by atoms with Gasteiger partial charge in [-0.15, -0.1) is 0 Å². The SMILES string of the molecule is O=C(COC(=O)[C@@H]1[C@H]2CC[C@@H](C2)[C@@H]1C(=O)c1ccccc1)Nc1ccc(Br)c(Cl)c1. The molecule has 0 heterocycles. The van der Waals surface area contributed by atoms with E-state index in [1.165, 1.54) is 0 Å². The van der Waals surface area contributed by atoms with Gasteiger partial charge in [0.25, 0.3) is 5.91 Å². The number of ether oxygens (including phenoxy) is 1. The zero-order chi connectivity index (χ0) is 21.3. The van der Waals surface area contributed by atoms with Crippen molar-refractivity contribution >= 4 is 50.9 Å². The number of Topliss-reactive ketones (excluding diaryl/α,β-unsaturated/α-hetero) is 1. The van der Waals surface area contributed by atoms with E-state index >= 15 is 0 Å². The van der Waals surface area contributed by atoms with Crippen LogP contribution >= 0.6 is 27.5 Å². The van der Waals surface area contributed by atoms with Gasteiger partial charge in [0.1, 0.15) is 0 Å². The first-order valence-electron chi connectivity index (χ1n) is 9.95. The number of hydrogen-bond donors (Lipinski definition) is 1. The Balaban J connectivity index is 1.39. The summed E-state index contributed by atoms with van der Waals surface area (Å²) in [6.07, 6.45) is 2.75. The zero-order valence-electron chi connectivity index (χ0n) is 16.1. The molecule has 7 heteroatoms. The van der Waals surface area contributed by atoms with Gasteiger partial charge < -0.3 is 10.1 Å². The molecule has 4 rings (SSSR count). The summed E-state index contributed by atoms with van der Waals surface area (Å²) in [7, 11) is 0. The first kappa shape index (κ1) is 21.1. The Labute approximate surface area is 188 Å². The van der Waals surface area contributed by atoms with Gasteiger partial charge in [-0.3, -0.25) is 14.4 Å². The Hall–Kier alpha value is -2.18. The zero-order valence-corrected chi connectivity index (χ0v) is 18.5. The molecule has 0 aliphatic heterocycles. The topological polar surface area (TPSA) is 72.5 Å². The van der Waals surface area contributed by atoms with Crippen LogP contribution in [-0.4, -0.2) is 24.3 Å². The quantitative estimate of drug-likeness (QED) is 0.450. The molecular weight excluding hydrogens is 470 g/mol. The van der Waals surface area contributed by atoms with Crippen molar-refractivity contribution in [3.05, 3.63) is 63.6 Å². The van der Waals surface area contributed by atoms with Gasteiger partial charge in [-0.25, -0.2) is 0 Å². The molecule has 0 aromatic heterocycles. The maximum absolute atomic E-state index is 13.1. The Morgan fingerprint density at radius 3 is 2.43 bits per heavy atom. The fourth-order valence-electron chi connectivity index (χ4n) is 4.81. The van der Waals surface area contributed by atoms with E-state index in [0.29, 0.717) is 16.3 Å². The average Bonchev–Trinajstić information content (AvgIpc) is 3.36. The van der Waals surface area contributed by atoms with Crippen molar-refractivity contribution in [3.63, 3.8) is 0 Å². The van der Waals surface area contributed by atoms with Crippen LogP contribution in [0.4, 0.5) is 5.69 Å².